The predicted molar refractivity (Wildman–Crippen MR) is 58.8 cm³/mol. The van der Waals surface area contributed by atoms with Gasteiger partial charge in [-0.05, 0) is 12.1 Å². The SMILES string of the molecule is N#Cc1cncc(-c2cccc(F)c2N)c1. The summed E-state index contributed by atoms with van der Waals surface area (Å²) in [5, 5.41) is 8.74. The van der Waals surface area contributed by atoms with E-state index in [1.807, 2.05) is 6.07 Å². The Balaban J connectivity index is 2.59. The van der Waals surface area contributed by atoms with Crippen LogP contribution in [0.25, 0.3) is 11.1 Å². The van der Waals surface area contributed by atoms with Crippen LogP contribution in [0.2, 0.25) is 0 Å². The van der Waals surface area contributed by atoms with E-state index in [4.69, 9.17) is 11.0 Å². The molecule has 3 nitrogen and oxygen atoms in total. The summed E-state index contributed by atoms with van der Waals surface area (Å²) >= 11 is 0. The van der Waals surface area contributed by atoms with Crippen LogP contribution in [0.5, 0.6) is 0 Å². The molecule has 1 heterocycles. The Morgan fingerprint density at radius 3 is 2.88 bits per heavy atom. The number of anilines is 1. The molecule has 2 N–H and O–H groups in total. The summed E-state index contributed by atoms with van der Waals surface area (Å²) in [5.41, 5.74) is 7.29. The zero-order valence-electron chi connectivity index (χ0n) is 8.31. The molecule has 78 valence electrons. The van der Waals surface area contributed by atoms with E-state index in [9.17, 15) is 4.39 Å². The molecule has 2 aromatic rings. The maximum absolute atomic E-state index is 13.2. The van der Waals surface area contributed by atoms with Crippen LogP contribution in [0.15, 0.2) is 36.7 Å². The number of nitrogen functional groups attached to an aromatic ring is 1. The van der Waals surface area contributed by atoms with Crippen molar-refractivity contribution in [1.29, 1.82) is 5.26 Å². The fourth-order valence-electron chi connectivity index (χ4n) is 1.44. The van der Waals surface area contributed by atoms with Gasteiger partial charge in [-0.15, -0.1) is 0 Å². The minimum absolute atomic E-state index is 0.0689. The molecule has 16 heavy (non-hydrogen) atoms. The molecular formula is C12H8FN3. The molecule has 0 spiro atoms. The fraction of sp³-hybridized carbons (Fsp3) is 0. The summed E-state index contributed by atoms with van der Waals surface area (Å²) in [4.78, 5) is 3.90. The van der Waals surface area contributed by atoms with Crippen LogP contribution in [0.1, 0.15) is 5.56 Å². The summed E-state index contributed by atoms with van der Waals surface area (Å²) < 4.78 is 13.2. The number of halogens is 1. The summed E-state index contributed by atoms with van der Waals surface area (Å²) in [5.74, 6) is -0.472. The summed E-state index contributed by atoms with van der Waals surface area (Å²) in [7, 11) is 0. The first-order valence-corrected chi connectivity index (χ1v) is 4.62. The predicted octanol–water partition coefficient (Wildman–Crippen LogP) is 2.34. The van der Waals surface area contributed by atoms with Gasteiger partial charge in [0.1, 0.15) is 11.9 Å². The van der Waals surface area contributed by atoms with Crippen LogP contribution in [0.4, 0.5) is 10.1 Å². The number of para-hydroxylation sites is 1. The molecule has 0 radical (unpaired) electrons. The van der Waals surface area contributed by atoms with Crippen molar-refractivity contribution in [1.82, 2.24) is 4.98 Å². The van der Waals surface area contributed by atoms with Gasteiger partial charge in [-0.1, -0.05) is 12.1 Å². The smallest absolute Gasteiger partial charge is 0.146 e. The van der Waals surface area contributed by atoms with E-state index in [0.29, 0.717) is 16.7 Å². The number of benzene rings is 1. The molecule has 1 aromatic heterocycles. The topological polar surface area (TPSA) is 62.7 Å². The Hall–Kier alpha value is -2.41. The molecule has 0 aliphatic heterocycles. The van der Waals surface area contributed by atoms with Crippen LogP contribution in [-0.4, -0.2) is 4.98 Å². The summed E-state index contributed by atoms with van der Waals surface area (Å²) in [6, 6.07) is 8.15. The van der Waals surface area contributed by atoms with Gasteiger partial charge in [0.2, 0.25) is 0 Å². The second-order valence-electron chi connectivity index (χ2n) is 3.28. The normalized spacial score (nSPS) is 9.75. The van der Waals surface area contributed by atoms with E-state index in [-0.39, 0.29) is 5.69 Å². The third kappa shape index (κ3) is 1.71. The Kier molecular flexibility index (Phi) is 2.52. The number of nitrogens with two attached hydrogens (primary N) is 1. The fourth-order valence-corrected chi connectivity index (χ4v) is 1.44. The molecule has 0 bridgehead atoms. The van der Waals surface area contributed by atoms with Gasteiger partial charge in [-0.3, -0.25) is 4.98 Å². The molecule has 2 rings (SSSR count). The lowest BCUT2D eigenvalue weighted by Gasteiger charge is -2.05. The van der Waals surface area contributed by atoms with Crippen LogP contribution in [-0.2, 0) is 0 Å². The van der Waals surface area contributed by atoms with Crippen LogP contribution >= 0.6 is 0 Å². The van der Waals surface area contributed by atoms with Crippen LogP contribution < -0.4 is 5.73 Å². The summed E-state index contributed by atoms with van der Waals surface area (Å²) in [6.45, 7) is 0. The van der Waals surface area contributed by atoms with Crippen molar-refractivity contribution >= 4 is 5.69 Å². The number of pyridine rings is 1. The molecule has 0 atom stereocenters. The zero-order valence-corrected chi connectivity index (χ0v) is 8.31. The van der Waals surface area contributed by atoms with Crippen molar-refractivity contribution in [2.75, 3.05) is 5.73 Å². The first-order chi connectivity index (χ1) is 7.72. The standard InChI is InChI=1S/C12H8FN3/c13-11-3-1-2-10(12(11)15)9-4-8(5-14)6-16-7-9/h1-4,6-7H,15H2. The van der Waals surface area contributed by atoms with Gasteiger partial charge < -0.3 is 5.73 Å². The van der Waals surface area contributed by atoms with E-state index in [1.165, 1.54) is 12.3 Å². The van der Waals surface area contributed by atoms with Gasteiger partial charge in [0.25, 0.3) is 0 Å². The molecule has 0 aliphatic carbocycles. The van der Waals surface area contributed by atoms with E-state index < -0.39 is 5.82 Å². The highest BCUT2D eigenvalue weighted by molar-refractivity contribution is 5.76. The molecule has 0 saturated heterocycles. The van der Waals surface area contributed by atoms with Gasteiger partial charge in [0.15, 0.2) is 0 Å². The molecular weight excluding hydrogens is 205 g/mol. The van der Waals surface area contributed by atoms with E-state index in [2.05, 4.69) is 4.98 Å². The second-order valence-corrected chi connectivity index (χ2v) is 3.28. The lowest BCUT2D eigenvalue weighted by atomic mass is 10.0. The van der Waals surface area contributed by atoms with Gasteiger partial charge in [-0.25, -0.2) is 4.39 Å². The molecule has 0 aliphatic rings. The second kappa shape index (κ2) is 3.99. The van der Waals surface area contributed by atoms with Crippen molar-refractivity contribution < 1.29 is 4.39 Å². The highest BCUT2D eigenvalue weighted by atomic mass is 19.1. The lowest BCUT2D eigenvalue weighted by molar-refractivity contribution is 0.633. The van der Waals surface area contributed by atoms with Gasteiger partial charge in [0.05, 0.1) is 11.3 Å². The lowest BCUT2D eigenvalue weighted by Crippen LogP contribution is -1.94. The minimum Gasteiger partial charge on any atom is -0.396 e. The Labute approximate surface area is 92.0 Å². The number of nitrogens with zero attached hydrogens (tertiary/aromatic N) is 2. The van der Waals surface area contributed by atoms with Crippen molar-refractivity contribution in [3.63, 3.8) is 0 Å². The van der Waals surface area contributed by atoms with Crippen LogP contribution in [0, 0.1) is 17.1 Å². The van der Waals surface area contributed by atoms with Crippen molar-refractivity contribution in [3.8, 4) is 17.2 Å². The minimum atomic E-state index is -0.472. The van der Waals surface area contributed by atoms with E-state index >= 15 is 0 Å². The van der Waals surface area contributed by atoms with Gasteiger partial charge in [0, 0.05) is 23.5 Å². The first kappa shape index (κ1) is 10.1. The van der Waals surface area contributed by atoms with Crippen molar-refractivity contribution in [2.24, 2.45) is 0 Å². The number of aromatic nitrogens is 1. The quantitative estimate of drug-likeness (QED) is 0.739. The monoisotopic (exact) mass is 213 g/mol. The maximum Gasteiger partial charge on any atom is 0.146 e. The first-order valence-electron chi connectivity index (χ1n) is 4.62. The number of hydrogen-bond acceptors (Lipinski definition) is 3. The Morgan fingerprint density at radius 2 is 2.12 bits per heavy atom. The molecule has 4 heteroatoms. The number of nitriles is 1. The van der Waals surface area contributed by atoms with Crippen LogP contribution in [0.3, 0.4) is 0 Å². The molecule has 0 fully saturated rings. The third-order valence-electron chi connectivity index (χ3n) is 2.23. The van der Waals surface area contributed by atoms with Gasteiger partial charge >= 0.3 is 0 Å². The van der Waals surface area contributed by atoms with Crippen molar-refractivity contribution in [3.05, 3.63) is 48.0 Å². The molecule has 0 unspecified atom stereocenters. The van der Waals surface area contributed by atoms with E-state index in [1.54, 1.807) is 24.4 Å². The molecule has 0 amide bonds. The molecule has 1 aromatic carbocycles. The molecule has 0 saturated carbocycles. The Bertz CT molecular complexity index is 573. The van der Waals surface area contributed by atoms with Gasteiger partial charge in [-0.2, -0.15) is 5.26 Å². The Morgan fingerprint density at radius 1 is 1.31 bits per heavy atom. The number of rotatable bonds is 1. The highest BCUT2D eigenvalue weighted by Gasteiger charge is 2.07. The number of hydrogen-bond donors (Lipinski definition) is 1. The van der Waals surface area contributed by atoms with Crippen molar-refractivity contribution in [2.45, 2.75) is 0 Å². The average molecular weight is 213 g/mol. The summed E-state index contributed by atoms with van der Waals surface area (Å²) in [6.07, 6.45) is 2.99. The zero-order chi connectivity index (χ0) is 11.5. The third-order valence-corrected chi connectivity index (χ3v) is 2.23. The maximum atomic E-state index is 13.2. The largest absolute Gasteiger partial charge is 0.396 e. The highest BCUT2D eigenvalue weighted by Crippen LogP contribution is 2.27. The average Bonchev–Trinajstić information content (AvgIpc) is 2.33. The van der Waals surface area contributed by atoms with E-state index in [0.717, 1.165) is 0 Å².